The highest BCUT2D eigenvalue weighted by molar-refractivity contribution is 5.85. The molecule has 1 aliphatic heterocycles. The standard InChI is InChI=1S/C20H25N5O/c1-15(2)14-21-20(26)24-12-10-23(11-13-24)19-18-8-5-9-25(18)17-7-4-3-6-16(17)22-19/h3-9,15H,10-14H2,1-2H3,(H,21,26). The second kappa shape index (κ2) is 6.86. The minimum atomic E-state index is 0.0395. The molecule has 6 nitrogen and oxygen atoms in total. The van der Waals surface area contributed by atoms with E-state index in [1.807, 2.05) is 23.1 Å². The molecule has 0 spiro atoms. The molecule has 136 valence electrons. The Morgan fingerprint density at radius 2 is 1.81 bits per heavy atom. The van der Waals surface area contributed by atoms with E-state index in [1.165, 1.54) is 0 Å². The predicted octanol–water partition coefficient (Wildman–Crippen LogP) is 2.98. The first kappa shape index (κ1) is 16.7. The maximum absolute atomic E-state index is 12.3. The number of rotatable bonds is 3. The number of nitrogens with one attached hydrogen (secondary N) is 1. The molecule has 1 N–H and O–H groups in total. The summed E-state index contributed by atoms with van der Waals surface area (Å²) in [5.41, 5.74) is 3.22. The zero-order chi connectivity index (χ0) is 18.1. The third kappa shape index (κ3) is 3.07. The van der Waals surface area contributed by atoms with Crippen molar-refractivity contribution in [3.63, 3.8) is 0 Å². The van der Waals surface area contributed by atoms with E-state index in [2.05, 4.69) is 52.9 Å². The van der Waals surface area contributed by atoms with Crippen LogP contribution in [0.15, 0.2) is 42.6 Å². The first-order chi connectivity index (χ1) is 12.6. The van der Waals surface area contributed by atoms with Crippen molar-refractivity contribution in [3.05, 3.63) is 42.6 Å². The number of hydrogen-bond acceptors (Lipinski definition) is 3. The van der Waals surface area contributed by atoms with Crippen LogP contribution in [0.25, 0.3) is 16.6 Å². The summed E-state index contributed by atoms with van der Waals surface area (Å²) in [6.45, 7) is 7.94. The van der Waals surface area contributed by atoms with Crippen LogP contribution in [0, 0.1) is 5.92 Å². The fraction of sp³-hybridized carbons (Fsp3) is 0.400. The zero-order valence-electron chi connectivity index (χ0n) is 15.4. The number of urea groups is 1. The van der Waals surface area contributed by atoms with Crippen molar-refractivity contribution in [3.8, 4) is 0 Å². The molecule has 2 amide bonds. The van der Waals surface area contributed by atoms with Crippen LogP contribution in [0.3, 0.4) is 0 Å². The highest BCUT2D eigenvalue weighted by atomic mass is 16.2. The Labute approximate surface area is 153 Å². The van der Waals surface area contributed by atoms with Crippen LogP contribution in [-0.4, -0.2) is 53.0 Å². The molecule has 3 aromatic rings. The smallest absolute Gasteiger partial charge is 0.317 e. The normalized spacial score (nSPS) is 15.2. The summed E-state index contributed by atoms with van der Waals surface area (Å²) in [7, 11) is 0. The van der Waals surface area contributed by atoms with Gasteiger partial charge >= 0.3 is 6.03 Å². The SMILES string of the molecule is CC(C)CNC(=O)N1CCN(c2nc3ccccc3n3cccc23)CC1. The van der Waals surface area contributed by atoms with Gasteiger partial charge in [0.1, 0.15) is 0 Å². The van der Waals surface area contributed by atoms with Crippen LogP contribution >= 0.6 is 0 Å². The Morgan fingerprint density at radius 1 is 1.08 bits per heavy atom. The van der Waals surface area contributed by atoms with Gasteiger partial charge in [0.05, 0.1) is 16.6 Å². The van der Waals surface area contributed by atoms with E-state index in [4.69, 9.17) is 4.98 Å². The maximum Gasteiger partial charge on any atom is 0.317 e. The Kier molecular flexibility index (Phi) is 4.41. The van der Waals surface area contributed by atoms with Gasteiger partial charge in [0.25, 0.3) is 0 Å². The number of carbonyl (C=O) groups is 1. The number of hydrogen-bond donors (Lipinski definition) is 1. The molecule has 0 aliphatic carbocycles. The number of piperazine rings is 1. The summed E-state index contributed by atoms with van der Waals surface area (Å²) >= 11 is 0. The second-order valence-electron chi connectivity index (χ2n) is 7.24. The van der Waals surface area contributed by atoms with Crippen LogP contribution in [0.5, 0.6) is 0 Å². The summed E-state index contributed by atoms with van der Waals surface area (Å²) in [5.74, 6) is 1.46. The van der Waals surface area contributed by atoms with Crippen molar-refractivity contribution >= 4 is 28.4 Å². The van der Waals surface area contributed by atoms with Gasteiger partial charge in [0, 0.05) is 38.9 Å². The average molecular weight is 351 g/mol. The van der Waals surface area contributed by atoms with Crippen molar-refractivity contribution in [2.45, 2.75) is 13.8 Å². The summed E-state index contributed by atoms with van der Waals surface area (Å²) in [6, 6.07) is 12.4. The number of amides is 2. The molecule has 1 fully saturated rings. The summed E-state index contributed by atoms with van der Waals surface area (Å²) in [4.78, 5) is 21.4. The molecule has 6 heteroatoms. The third-order valence-electron chi connectivity index (χ3n) is 4.87. The summed E-state index contributed by atoms with van der Waals surface area (Å²) in [6.07, 6.45) is 2.08. The number of nitrogens with zero attached hydrogens (tertiary/aromatic N) is 4. The van der Waals surface area contributed by atoms with E-state index in [1.54, 1.807) is 0 Å². The van der Waals surface area contributed by atoms with E-state index in [0.717, 1.165) is 42.0 Å². The van der Waals surface area contributed by atoms with Crippen molar-refractivity contribution in [1.29, 1.82) is 0 Å². The van der Waals surface area contributed by atoms with Crippen molar-refractivity contribution in [1.82, 2.24) is 19.6 Å². The number of aromatic nitrogens is 2. The summed E-state index contributed by atoms with van der Waals surface area (Å²) in [5, 5.41) is 3.00. The molecular weight excluding hydrogens is 326 g/mol. The van der Waals surface area contributed by atoms with Crippen molar-refractivity contribution < 1.29 is 4.79 Å². The van der Waals surface area contributed by atoms with Crippen LogP contribution in [0.2, 0.25) is 0 Å². The molecule has 1 saturated heterocycles. The molecule has 0 atom stereocenters. The number of benzene rings is 1. The Morgan fingerprint density at radius 3 is 2.58 bits per heavy atom. The van der Waals surface area contributed by atoms with Crippen molar-refractivity contribution in [2.24, 2.45) is 5.92 Å². The first-order valence-electron chi connectivity index (χ1n) is 9.27. The van der Waals surface area contributed by atoms with Gasteiger partial charge in [-0.25, -0.2) is 9.78 Å². The first-order valence-corrected chi connectivity index (χ1v) is 9.27. The lowest BCUT2D eigenvalue weighted by molar-refractivity contribution is 0.193. The lowest BCUT2D eigenvalue weighted by Gasteiger charge is -2.35. The minimum Gasteiger partial charge on any atom is -0.351 e. The summed E-state index contributed by atoms with van der Waals surface area (Å²) < 4.78 is 2.19. The van der Waals surface area contributed by atoms with E-state index >= 15 is 0 Å². The van der Waals surface area contributed by atoms with E-state index < -0.39 is 0 Å². The Hall–Kier alpha value is -2.76. The van der Waals surface area contributed by atoms with E-state index in [-0.39, 0.29) is 6.03 Å². The number of fused-ring (bicyclic) bond motifs is 3. The minimum absolute atomic E-state index is 0.0395. The number of anilines is 1. The van der Waals surface area contributed by atoms with Crippen LogP contribution in [-0.2, 0) is 0 Å². The number of para-hydroxylation sites is 2. The van der Waals surface area contributed by atoms with Crippen LogP contribution in [0.4, 0.5) is 10.6 Å². The third-order valence-corrected chi connectivity index (χ3v) is 4.87. The van der Waals surface area contributed by atoms with Crippen LogP contribution in [0.1, 0.15) is 13.8 Å². The molecule has 0 saturated carbocycles. The topological polar surface area (TPSA) is 52.9 Å². The molecule has 3 heterocycles. The second-order valence-corrected chi connectivity index (χ2v) is 7.24. The van der Waals surface area contributed by atoms with Gasteiger partial charge in [-0.3, -0.25) is 0 Å². The van der Waals surface area contributed by atoms with Crippen LogP contribution < -0.4 is 10.2 Å². The zero-order valence-corrected chi connectivity index (χ0v) is 15.4. The predicted molar refractivity (Wildman–Crippen MR) is 105 cm³/mol. The van der Waals surface area contributed by atoms with Crippen molar-refractivity contribution in [2.75, 3.05) is 37.6 Å². The van der Waals surface area contributed by atoms with Gasteiger partial charge in [-0.05, 0) is 30.2 Å². The fourth-order valence-electron chi connectivity index (χ4n) is 3.46. The van der Waals surface area contributed by atoms with Gasteiger partial charge in [-0.15, -0.1) is 0 Å². The molecule has 0 unspecified atom stereocenters. The van der Waals surface area contributed by atoms with E-state index in [0.29, 0.717) is 19.0 Å². The molecular formula is C20H25N5O. The highest BCUT2D eigenvalue weighted by Crippen LogP contribution is 2.26. The van der Waals surface area contributed by atoms with Gasteiger partial charge in [-0.1, -0.05) is 26.0 Å². The molecule has 4 rings (SSSR count). The quantitative estimate of drug-likeness (QED) is 0.789. The molecule has 26 heavy (non-hydrogen) atoms. The number of carbonyl (C=O) groups excluding carboxylic acids is 1. The Balaban J connectivity index is 1.54. The lowest BCUT2D eigenvalue weighted by Crippen LogP contribution is -2.52. The largest absolute Gasteiger partial charge is 0.351 e. The van der Waals surface area contributed by atoms with Gasteiger partial charge in [0.2, 0.25) is 0 Å². The molecule has 0 radical (unpaired) electrons. The average Bonchev–Trinajstić information content (AvgIpc) is 3.16. The van der Waals surface area contributed by atoms with Gasteiger partial charge in [-0.2, -0.15) is 0 Å². The lowest BCUT2D eigenvalue weighted by atomic mass is 10.2. The molecule has 1 aromatic carbocycles. The van der Waals surface area contributed by atoms with Gasteiger partial charge < -0.3 is 19.5 Å². The van der Waals surface area contributed by atoms with E-state index in [9.17, 15) is 4.79 Å². The molecule has 2 aromatic heterocycles. The highest BCUT2D eigenvalue weighted by Gasteiger charge is 2.23. The monoisotopic (exact) mass is 351 g/mol. The Bertz CT molecular complexity index is 924. The molecule has 0 bridgehead atoms. The molecule has 1 aliphatic rings. The fourth-order valence-corrected chi connectivity index (χ4v) is 3.46. The maximum atomic E-state index is 12.3. The van der Waals surface area contributed by atoms with Gasteiger partial charge in [0.15, 0.2) is 5.82 Å².